The molecule has 1 fully saturated rings. The van der Waals surface area contributed by atoms with Crippen molar-refractivity contribution in [3.05, 3.63) is 24.0 Å². The number of carbonyl (C=O) groups is 2. The van der Waals surface area contributed by atoms with Gasteiger partial charge in [0.05, 0.1) is 12.7 Å². The molecule has 1 saturated carbocycles. The van der Waals surface area contributed by atoms with Crippen molar-refractivity contribution in [2.24, 2.45) is 11.8 Å². The molecule has 0 spiro atoms. The Kier molecular flexibility index (Phi) is 7.05. The van der Waals surface area contributed by atoms with E-state index in [1.165, 1.54) is 0 Å². The smallest absolute Gasteiger partial charge is 0.332 e. The number of hydrogen-bond acceptors (Lipinski definition) is 4. The molecule has 1 aliphatic heterocycles. The molecule has 25 heavy (non-hydrogen) atoms. The fourth-order valence-corrected chi connectivity index (χ4v) is 3.54. The number of nitrogens with one attached hydrogen (secondary N) is 1. The standard InChI is InChI=1S/C19H30N2O4/c1-5-6-16-7-8-21(19(23)20-16)17-10-15(9-14(17)4)11-24-12-18(22)25-13(2)3/h6-8,13-15,17H,5,9-12H2,1-4H3,(H,20,23). The molecule has 1 heterocycles. The van der Waals surface area contributed by atoms with Crippen LogP contribution in [0.2, 0.25) is 0 Å². The van der Waals surface area contributed by atoms with Crippen LogP contribution in [0.25, 0.3) is 0 Å². The molecule has 0 bridgehead atoms. The molecule has 0 aromatic heterocycles. The normalized spacial score (nSPS) is 27.9. The van der Waals surface area contributed by atoms with Crippen LogP contribution in [0.1, 0.15) is 47.0 Å². The number of hydrogen-bond donors (Lipinski definition) is 1. The van der Waals surface area contributed by atoms with Crippen molar-refractivity contribution >= 4 is 12.0 Å². The van der Waals surface area contributed by atoms with E-state index in [9.17, 15) is 9.59 Å². The number of allylic oxidation sites excluding steroid dienone is 2. The van der Waals surface area contributed by atoms with E-state index in [1.807, 2.05) is 39.1 Å². The Labute approximate surface area is 150 Å². The summed E-state index contributed by atoms with van der Waals surface area (Å²) in [5.74, 6) is 0.412. The van der Waals surface area contributed by atoms with Gasteiger partial charge in [0.2, 0.25) is 0 Å². The zero-order valence-corrected chi connectivity index (χ0v) is 15.7. The Morgan fingerprint density at radius 3 is 2.84 bits per heavy atom. The Balaban J connectivity index is 1.83. The van der Waals surface area contributed by atoms with E-state index < -0.39 is 0 Å². The second kappa shape index (κ2) is 9.04. The second-order valence-electron chi connectivity index (χ2n) is 7.16. The molecule has 140 valence electrons. The van der Waals surface area contributed by atoms with Crippen molar-refractivity contribution in [2.75, 3.05) is 13.2 Å². The van der Waals surface area contributed by atoms with Gasteiger partial charge in [-0.25, -0.2) is 9.59 Å². The van der Waals surface area contributed by atoms with E-state index in [1.54, 1.807) is 4.90 Å². The van der Waals surface area contributed by atoms with Crippen LogP contribution in [0, 0.1) is 11.8 Å². The fraction of sp³-hybridized carbons (Fsp3) is 0.684. The molecule has 2 rings (SSSR count). The summed E-state index contributed by atoms with van der Waals surface area (Å²) in [5.41, 5.74) is 0.859. The van der Waals surface area contributed by atoms with Gasteiger partial charge in [0.15, 0.2) is 0 Å². The maximum Gasteiger partial charge on any atom is 0.332 e. The molecule has 6 heteroatoms. The highest BCUT2D eigenvalue weighted by molar-refractivity contribution is 5.79. The fourth-order valence-electron chi connectivity index (χ4n) is 3.54. The molecule has 0 aromatic carbocycles. The minimum Gasteiger partial charge on any atom is -0.461 e. The van der Waals surface area contributed by atoms with Gasteiger partial charge in [0.25, 0.3) is 0 Å². The quantitative estimate of drug-likeness (QED) is 0.716. The molecule has 3 unspecified atom stereocenters. The molecular formula is C19H30N2O4. The number of rotatable bonds is 7. The van der Waals surface area contributed by atoms with Crippen molar-refractivity contribution in [3.63, 3.8) is 0 Å². The number of urea groups is 1. The Bertz CT molecular complexity index is 542. The van der Waals surface area contributed by atoms with E-state index in [-0.39, 0.29) is 30.8 Å². The van der Waals surface area contributed by atoms with Gasteiger partial charge in [-0.15, -0.1) is 0 Å². The van der Waals surface area contributed by atoms with E-state index in [0.29, 0.717) is 18.4 Å². The number of amides is 2. The van der Waals surface area contributed by atoms with Crippen molar-refractivity contribution in [1.82, 2.24) is 10.2 Å². The monoisotopic (exact) mass is 350 g/mol. The average molecular weight is 350 g/mol. The molecule has 1 N–H and O–H groups in total. The van der Waals surface area contributed by atoms with Crippen LogP contribution < -0.4 is 5.32 Å². The predicted molar refractivity (Wildman–Crippen MR) is 95.6 cm³/mol. The van der Waals surface area contributed by atoms with Crippen LogP contribution in [-0.4, -0.2) is 42.3 Å². The molecule has 0 aromatic rings. The summed E-state index contributed by atoms with van der Waals surface area (Å²) in [6, 6.07) is 0.0942. The van der Waals surface area contributed by atoms with Gasteiger partial charge in [0.1, 0.15) is 6.61 Å². The van der Waals surface area contributed by atoms with Crippen LogP contribution >= 0.6 is 0 Å². The van der Waals surface area contributed by atoms with Crippen molar-refractivity contribution in [1.29, 1.82) is 0 Å². The largest absolute Gasteiger partial charge is 0.461 e. The summed E-state index contributed by atoms with van der Waals surface area (Å²) >= 11 is 0. The summed E-state index contributed by atoms with van der Waals surface area (Å²) in [6.07, 6.45) is 8.45. The molecule has 2 amide bonds. The maximum atomic E-state index is 12.4. The Morgan fingerprint density at radius 1 is 1.44 bits per heavy atom. The first-order valence-electron chi connectivity index (χ1n) is 9.15. The minimum absolute atomic E-state index is 0.0109. The van der Waals surface area contributed by atoms with E-state index in [2.05, 4.69) is 12.2 Å². The summed E-state index contributed by atoms with van der Waals surface area (Å²) in [6.45, 7) is 8.35. The van der Waals surface area contributed by atoms with Crippen LogP contribution in [0.3, 0.4) is 0 Å². The van der Waals surface area contributed by atoms with Crippen LogP contribution in [0.4, 0.5) is 4.79 Å². The van der Waals surface area contributed by atoms with Gasteiger partial charge in [-0.1, -0.05) is 19.9 Å². The summed E-state index contributed by atoms with van der Waals surface area (Å²) < 4.78 is 10.6. The van der Waals surface area contributed by atoms with Crippen LogP contribution in [0.5, 0.6) is 0 Å². The van der Waals surface area contributed by atoms with Gasteiger partial charge >= 0.3 is 12.0 Å². The third-order valence-corrected chi connectivity index (χ3v) is 4.56. The average Bonchev–Trinajstić information content (AvgIpc) is 2.88. The highest BCUT2D eigenvalue weighted by atomic mass is 16.6. The van der Waals surface area contributed by atoms with Crippen LogP contribution in [-0.2, 0) is 14.3 Å². The van der Waals surface area contributed by atoms with Crippen molar-refractivity contribution in [3.8, 4) is 0 Å². The highest BCUT2D eigenvalue weighted by Crippen LogP contribution is 2.35. The van der Waals surface area contributed by atoms with Gasteiger partial charge in [-0.2, -0.15) is 0 Å². The summed E-state index contributed by atoms with van der Waals surface area (Å²) in [4.78, 5) is 25.7. The van der Waals surface area contributed by atoms with Crippen molar-refractivity contribution in [2.45, 2.75) is 59.1 Å². The molecule has 6 nitrogen and oxygen atoms in total. The Hall–Kier alpha value is -1.82. The molecule has 0 saturated heterocycles. The van der Waals surface area contributed by atoms with Crippen LogP contribution in [0.15, 0.2) is 24.0 Å². The summed E-state index contributed by atoms with van der Waals surface area (Å²) in [5, 5.41) is 2.92. The lowest BCUT2D eigenvalue weighted by Gasteiger charge is -2.31. The minimum atomic E-state index is -0.328. The third kappa shape index (κ3) is 5.59. The molecule has 1 aliphatic carbocycles. The van der Waals surface area contributed by atoms with Gasteiger partial charge < -0.3 is 14.8 Å². The van der Waals surface area contributed by atoms with Gasteiger partial charge in [0, 0.05) is 17.9 Å². The van der Waals surface area contributed by atoms with E-state index in [0.717, 1.165) is 25.0 Å². The topological polar surface area (TPSA) is 67.9 Å². The number of esters is 1. The first-order chi connectivity index (χ1) is 11.9. The predicted octanol–water partition coefficient (Wildman–Crippen LogP) is 3.20. The van der Waals surface area contributed by atoms with Crippen molar-refractivity contribution < 1.29 is 19.1 Å². The lowest BCUT2D eigenvalue weighted by molar-refractivity contribution is -0.153. The van der Waals surface area contributed by atoms with Gasteiger partial charge in [-0.3, -0.25) is 4.90 Å². The number of ether oxygens (including phenoxy) is 2. The molecule has 0 radical (unpaired) electrons. The molecule has 2 aliphatic rings. The zero-order chi connectivity index (χ0) is 18.4. The maximum absolute atomic E-state index is 12.4. The van der Waals surface area contributed by atoms with E-state index in [4.69, 9.17) is 9.47 Å². The zero-order valence-electron chi connectivity index (χ0n) is 15.7. The van der Waals surface area contributed by atoms with Gasteiger partial charge in [-0.05, 0) is 51.0 Å². The first kappa shape index (κ1) is 19.5. The lowest BCUT2D eigenvalue weighted by atomic mass is 10.0. The molecular weight excluding hydrogens is 320 g/mol. The summed E-state index contributed by atoms with van der Waals surface area (Å²) in [7, 11) is 0. The molecule has 3 atom stereocenters. The Morgan fingerprint density at radius 2 is 2.20 bits per heavy atom. The second-order valence-corrected chi connectivity index (χ2v) is 7.16. The lowest BCUT2D eigenvalue weighted by Crippen LogP contribution is -2.45. The SMILES string of the molecule is CCC=C1C=CN(C2CC(COCC(=O)OC(C)C)CC2C)C(=O)N1. The number of nitrogens with zero attached hydrogens (tertiary/aromatic N) is 1. The highest BCUT2D eigenvalue weighted by Gasteiger charge is 2.37. The van der Waals surface area contributed by atoms with E-state index >= 15 is 0 Å². The first-order valence-corrected chi connectivity index (χ1v) is 9.15. The third-order valence-electron chi connectivity index (χ3n) is 4.56. The number of carbonyl (C=O) groups excluding carboxylic acids is 2.